The van der Waals surface area contributed by atoms with Crippen LogP contribution in [0.2, 0.25) is 0 Å². The number of nitrogens with one attached hydrogen (secondary N) is 1. The van der Waals surface area contributed by atoms with Crippen molar-refractivity contribution in [3.63, 3.8) is 0 Å². The number of imidazole rings is 1. The summed E-state index contributed by atoms with van der Waals surface area (Å²) in [4.78, 5) is 42.2. The van der Waals surface area contributed by atoms with Gasteiger partial charge in [-0.2, -0.15) is 13.2 Å². The Morgan fingerprint density at radius 3 is 2.53 bits per heavy atom. The summed E-state index contributed by atoms with van der Waals surface area (Å²) in [6.45, 7) is 0.0945. The third-order valence-corrected chi connectivity index (χ3v) is 6.51. The lowest BCUT2D eigenvalue weighted by atomic mass is 10.00. The van der Waals surface area contributed by atoms with Gasteiger partial charge in [-0.05, 0) is 36.2 Å². The molecule has 2 aromatic carbocycles. The standard InChI is InChI=1S/C25H21F3N4O4/c1-31-21(16-5-3-4-6-18(16)36-2)20(30-24(31)25(26,27)28)13-7-8-15-14(11-13)12-32(23(15)35)17-9-10-19(33)29-22(17)34/h3-8,11,17H,9-10,12H2,1-2H3,(H,29,33,34). The van der Waals surface area contributed by atoms with Crippen molar-refractivity contribution >= 4 is 17.7 Å². The highest BCUT2D eigenvalue weighted by atomic mass is 19.4. The lowest BCUT2D eigenvalue weighted by Gasteiger charge is -2.29. The Morgan fingerprint density at radius 2 is 1.83 bits per heavy atom. The van der Waals surface area contributed by atoms with E-state index < -0.39 is 23.9 Å². The van der Waals surface area contributed by atoms with Crippen LogP contribution in [0.5, 0.6) is 5.75 Å². The van der Waals surface area contributed by atoms with Crippen molar-refractivity contribution in [3.8, 4) is 28.3 Å². The Balaban J connectivity index is 1.59. The zero-order chi connectivity index (χ0) is 25.8. The topological polar surface area (TPSA) is 93.5 Å². The third kappa shape index (κ3) is 3.80. The molecule has 5 rings (SSSR count). The van der Waals surface area contributed by atoms with Crippen LogP contribution in [0.3, 0.4) is 0 Å². The van der Waals surface area contributed by atoms with Crippen LogP contribution in [0.1, 0.15) is 34.6 Å². The van der Waals surface area contributed by atoms with E-state index in [-0.39, 0.29) is 42.6 Å². The van der Waals surface area contributed by atoms with Gasteiger partial charge in [0.05, 0.1) is 18.5 Å². The first kappa shape index (κ1) is 23.6. The number of piperidine rings is 1. The second kappa shape index (κ2) is 8.51. The highest BCUT2D eigenvalue weighted by Gasteiger charge is 2.41. The number of para-hydroxylation sites is 1. The quantitative estimate of drug-likeness (QED) is 0.556. The van der Waals surface area contributed by atoms with Gasteiger partial charge in [0.25, 0.3) is 5.91 Å². The van der Waals surface area contributed by atoms with E-state index in [0.29, 0.717) is 28.0 Å². The molecule has 186 valence electrons. The van der Waals surface area contributed by atoms with Crippen LogP contribution in [0.25, 0.3) is 22.5 Å². The normalized spacial score (nSPS) is 17.9. The number of methoxy groups -OCH3 is 1. The monoisotopic (exact) mass is 498 g/mol. The Hall–Kier alpha value is -4.15. The molecule has 1 atom stereocenters. The number of carbonyl (C=O) groups is 3. The van der Waals surface area contributed by atoms with Crippen LogP contribution >= 0.6 is 0 Å². The first-order valence-electron chi connectivity index (χ1n) is 11.2. The minimum atomic E-state index is -4.70. The molecule has 0 aliphatic carbocycles. The van der Waals surface area contributed by atoms with E-state index in [0.717, 1.165) is 4.57 Å². The molecular weight excluding hydrogens is 477 g/mol. The Kier molecular flexibility index (Phi) is 5.57. The summed E-state index contributed by atoms with van der Waals surface area (Å²) in [6, 6.07) is 10.6. The summed E-state index contributed by atoms with van der Waals surface area (Å²) in [5.74, 6) is -1.98. The second-order valence-electron chi connectivity index (χ2n) is 8.66. The van der Waals surface area contributed by atoms with E-state index in [1.807, 2.05) is 0 Å². The molecule has 1 N–H and O–H groups in total. The SMILES string of the molecule is COc1ccccc1-c1c(-c2ccc3c(c2)CN(C2CCC(=O)NC2=O)C3=O)nc(C(F)(F)F)n1C. The fourth-order valence-electron chi connectivity index (χ4n) is 4.82. The van der Waals surface area contributed by atoms with Gasteiger partial charge in [-0.3, -0.25) is 19.7 Å². The molecule has 1 unspecified atom stereocenters. The summed E-state index contributed by atoms with van der Waals surface area (Å²) in [5, 5.41) is 2.25. The van der Waals surface area contributed by atoms with E-state index in [4.69, 9.17) is 4.74 Å². The van der Waals surface area contributed by atoms with Crippen LogP contribution in [-0.4, -0.2) is 45.3 Å². The fourth-order valence-corrected chi connectivity index (χ4v) is 4.82. The first-order chi connectivity index (χ1) is 17.1. The number of fused-ring (bicyclic) bond motifs is 1. The predicted octanol–water partition coefficient (Wildman–Crippen LogP) is 3.54. The molecule has 2 aliphatic heterocycles. The van der Waals surface area contributed by atoms with E-state index in [1.165, 1.54) is 25.1 Å². The lowest BCUT2D eigenvalue weighted by molar-refractivity contribution is -0.146. The fraction of sp³-hybridized carbons (Fsp3) is 0.280. The number of alkyl halides is 3. The van der Waals surface area contributed by atoms with Crippen LogP contribution in [-0.2, 0) is 29.4 Å². The van der Waals surface area contributed by atoms with Crippen LogP contribution in [0, 0.1) is 0 Å². The molecule has 0 spiro atoms. The van der Waals surface area contributed by atoms with E-state index in [1.54, 1.807) is 36.4 Å². The zero-order valence-corrected chi connectivity index (χ0v) is 19.3. The van der Waals surface area contributed by atoms with E-state index >= 15 is 0 Å². The van der Waals surface area contributed by atoms with Crippen molar-refractivity contribution in [2.45, 2.75) is 31.6 Å². The molecule has 36 heavy (non-hydrogen) atoms. The summed E-state index contributed by atoms with van der Waals surface area (Å²) < 4.78 is 47.8. The molecule has 3 amide bonds. The van der Waals surface area contributed by atoms with Gasteiger partial charge in [0.15, 0.2) is 0 Å². The van der Waals surface area contributed by atoms with Crippen molar-refractivity contribution in [2.24, 2.45) is 7.05 Å². The molecule has 11 heteroatoms. The summed E-state index contributed by atoms with van der Waals surface area (Å²) in [7, 11) is 2.73. The number of ether oxygens (including phenoxy) is 1. The Bertz CT molecular complexity index is 1410. The molecule has 0 radical (unpaired) electrons. The maximum atomic E-state index is 13.8. The first-order valence-corrected chi connectivity index (χ1v) is 11.2. The molecule has 1 saturated heterocycles. The van der Waals surface area contributed by atoms with Crippen molar-refractivity contribution < 1.29 is 32.3 Å². The molecular formula is C25H21F3N4O4. The summed E-state index contributed by atoms with van der Waals surface area (Å²) in [6.07, 6.45) is -4.36. The van der Waals surface area contributed by atoms with Gasteiger partial charge in [0, 0.05) is 36.7 Å². The molecule has 8 nitrogen and oxygen atoms in total. The Labute approximate surface area is 203 Å². The number of aromatic nitrogens is 2. The number of hydrogen-bond donors (Lipinski definition) is 1. The average molecular weight is 498 g/mol. The lowest BCUT2D eigenvalue weighted by Crippen LogP contribution is -2.52. The third-order valence-electron chi connectivity index (χ3n) is 6.51. The van der Waals surface area contributed by atoms with Gasteiger partial charge in [-0.1, -0.05) is 18.2 Å². The Morgan fingerprint density at radius 1 is 1.08 bits per heavy atom. The highest BCUT2D eigenvalue weighted by Crippen LogP contribution is 2.42. The van der Waals surface area contributed by atoms with Gasteiger partial charge in [-0.25, -0.2) is 4.98 Å². The molecule has 1 aromatic heterocycles. The minimum absolute atomic E-state index is 0.0871. The van der Waals surface area contributed by atoms with Crippen molar-refractivity contribution in [1.82, 2.24) is 19.8 Å². The average Bonchev–Trinajstić information content (AvgIpc) is 3.35. The second-order valence-corrected chi connectivity index (χ2v) is 8.66. The predicted molar refractivity (Wildman–Crippen MR) is 122 cm³/mol. The van der Waals surface area contributed by atoms with Gasteiger partial charge in [0.2, 0.25) is 17.6 Å². The molecule has 2 aliphatic rings. The molecule has 0 saturated carbocycles. The van der Waals surface area contributed by atoms with Crippen LogP contribution in [0.15, 0.2) is 42.5 Å². The van der Waals surface area contributed by atoms with Crippen molar-refractivity contribution in [3.05, 3.63) is 59.4 Å². The van der Waals surface area contributed by atoms with Crippen molar-refractivity contribution in [1.29, 1.82) is 0 Å². The van der Waals surface area contributed by atoms with Gasteiger partial charge in [-0.15, -0.1) is 0 Å². The number of nitrogens with zero attached hydrogens (tertiary/aromatic N) is 3. The maximum absolute atomic E-state index is 13.8. The highest BCUT2D eigenvalue weighted by molar-refractivity contribution is 6.05. The number of imide groups is 1. The van der Waals surface area contributed by atoms with E-state index in [2.05, 4.69) is 10.3 Å². The number of rotatable bonds is 4. The van der Waals surface area contributed by atoms with Gasteiger partial charge >= 0.3 is 6.18 Å². The van der Waals surface area contributed by atoms with Gasteiger partial charge in [0.1, 0.15) is 11.8 Å². The molecule has 3 aromatic rings. The summed E-state index contributed by atoms with van der Waals surface area (Å²) in [5.41, 5.74) is 2.04. The largest absolute Gasteiger partial charge is 0.496 e. The van der Waals surface area contributed by atoms with Crippen LogP contribution in [0.4, 0.5) is 13.2 Å². The minimum Gasteiger partial charge on any atom is -0.496 e. The van der Waals surface area contributed by atoms with Gasteiger partial charge < -0.3 is 14.2 Å². The number of amides is 3. The van der Waals surface area contributed by atoms with E-state index in [9.17, 15) is 27.6 Å². The maximum Gasteiger partial charge on any atom is 0.449 e. The number of carbonyl (C=O) groups excluding carboxylic acids is 3. The smallest absolute Gasteiger partial charge is 0.449 e. The molecule has 1 fully saturated rings. The molecule has 3 heterocycles. The van der Waals surface area contributed by atoms with Crippen LogP contribution < -0.4 is 10.1 Å². The number of halogens is 3. The molecule has 0 bridgehead atoms. The zero-order valence-electron chi connectivity index (χ0n) is 19.3. The van der Waals surface area contributed by atoms with Crippen molar-refractivity contribution in [2.75, 3.05) is 7.11 Å². The number of benzene rings is 2. The summed E-state index contributed by atoms with van der Waals surface area (Å²) >= 11 is 0. The number of hydrogen-bond acceptors (Lipinski definition) is 5.